The number of amides is 3. The lowest BCUT2D eigenvalue weighted by Gasteiger charge is -2.38. The van der Waals surface area contributed by atoms with E-state index >= 15 is 0 Å². The molecule has 3 unspecified atom stereocenters. The molecule has 2 N–H and O–H groups in total. The van der Waals surface area contributed by atoms with Gasteiger partial charge in [0, 0.05) is 12.5 Å². The zero-order valence-corrected chi connectivity index (χ0v) is 29.8. The van der Waals surface area contributed by atoms with Gasteiger partial charge in [0.25, 0.3) is 0 Å². The Morgan fingerprint density at radius 1 is 0.783 bits per heavy atom. The first-order valence-corrected chi connectivity index (χ1v) is 16.1. The molecule has 2 aromatic carbocycles. The number of alkyl carbamates (subject to hydrolysis) is 1. The first-order chi connectivity index (χ1) is 21.2. The standard InChI is InChI=1S/C37H55N3O6/c1-23(2)20-29(39-35(44)46-37(10,11)12)33(42)40(24(3)4)31(28-21-25(5)18-19-26(28)6)32(41)38-30(34(43)45-36(7,8)9)22-27-16-14-13-15-17-27/h13-19,21,23-24,29-31H,20,22H2,1-12H3,(H,38,41)(H,39,44). The normalized spacial score (nSPS) is 13.9. The summed E-state index contributed by atoms with van der Waals surface area (Å²) in [7, 11) is 0. The van der Waals surface area contributed by atoms with E-state index in [9.17, 15) is 19.2 Å². The Balaban J connectivity index is 2.65. The minimum atomic E-state index is -1.11. The quantitative estimate of drug-likeness (QED) is 0.254. The first-order valence-electron chi connectivity index (χ1n) is 16.1. The van der Waals surface area contributed by atoms with Crippen LogP contribution in [0.3, 0.4) is 0 Å². The van der Waals surface area contributed by atoms with Gasteiger partial charge in [-0.15, -0.1) is 0 Å². The van der Waals surface area contributed by atoms with Crippen LogP contribution < -0.4 is 10.6 Å². The van der Waals surface area contributed by atoms with Crippen molar-refractivity contribution in [3.63, 3.8) is 0 Å². The van der Waals surface area contributed by atoms with Crippen LogP contribution in [0, 0.1) is 19.8 Å². The Morgan fingerprint density at radius 2 is 1.37 bits per heavy atom. The molecule has 0 aromatic heterocycles. The number of benzene rings is 2. The molecule has 254 valence electrons. The second kappa shape index (κ2) is 16.1. The molecule has 0 radical (unpaired) electrons. The predicted octanol–water partition coefficient (Wildman–Crippen LogP) is 6.59. The van der Waals surface area contributed by atoms with E-state index in [2.05, 4.69) is 10.6 Å². The maximum atomic E-state index is 14.6. The molecule has 0 spiro atoms. The number of carbonyl (C=O) groups is 4. The second-order valence-corrected chi connectivity index (χ2v) is 14.7. The molecule has 0 aliphatic rings. The Labute approximate surface area is 275 Å². The van der Waals surface area contributed by atoms with E-state index in [1.54, 1.807) is 41.5 Å². The molecule has 9 nitrogen and oxygen atoms in total. The van der Waals surface area contributed by atoms with Crippen molar-refractivity contribution in [2.24, 2.45) is 5.92 Å². The summed E-state index contributed by atoms with van der Waals surface area (Å²) in [5.74, 6) is -1.47. The van der Waals surface area contributed by atoms with Gasteiger partial charge in [0.15, 0.2) is 0 Å². The van der Waals surface area contributed by atoms with Gasteiger partial charge in [-0.25, -0.2) is 9.59 Å². The highest BCUT2D eigenvalue weighted by atomic mass is 16.6. The number of hydrogen-bond donors (Lipinski definition) is 2. The predicted molar refractivity (Wildman–Crippen MR) is 181 cm³/mol. The SMILES string of the molecule is Cc1ccc(C)c(C(C(=O)NC(Cc2ccccc2)C(=O)OC(C)(C)C)N(C(=O)C(CC(C)C)NC(=O)OC(C)(C)C)C(C)C)c1. The van der Waals surface area contributed by atoms with Crippen LogP contribution in [0.2, 0.25) is 0 Å². The molecule has 0 heterocycles. The molecule has 3 atom stereocenters. The molecule has 2 aromatic rings. The summed E-state index contributed by atoms with van der Waals surface area (Å²) in [5, 5.41) is 5.73. The minimum absolute atomic E-state index is 0.0494. The van der Waals surface area contributed by atoms with Crippen molar-refractivity contribution >= 4 is 23.9 Å². The van der Waals surface area contributed by atoms with Crippen LogP contribution in [0.25, 0.3) is 0 Å². The first kappa shape index (κ1) is 38.3. The van der Waals surface area contributed by atoms with E-state index in [0.717, 1.165) is 16.7 Å². The van der Waals surface area contributed by atoms with Crippen molar-refractivity contribution in [2.75, 3.05) is 0 Å². The highest BCUT2D eigenvalue weighted by Crippen LogP contribution is 2.30. The van der Waals surface area contributed by atoms with Gasteiger partial charge in [0.2, 0.25) is 11.8 Å². The summed E-state index contributed by atoms with van der Waals surface area (Å²) in [6, 6.07) is 11.6. The summed E-state index contributed by atoms with van der Waals surface area (Å²) in [6.07, 6.45) is -0.181. The average Bonchev–Trinajstić information content (AvgIpc) is 2.90. The van der Waals surface area contributed by atoms with Crippen LogP contribution in [0.4, 0.5) is 4.79 Å². The summed E-state index contributed by atoms with van der Waals surface area (Å²) >= 11 is 0. The highest BCUT2D eigenvalue weighted by Gasteiger charge is 2.40. The molecule has 0 bridgehead atoms. The second-order valence-electron chi connectivity index (χ2n) is 14.7. The van der Waals surface area contributed by atoms with E-state index in [1.165, 1.54) is 4.90 Å². The Hall–Kier alpha value is -3.88. The molecular weight excluding hydrogens is 582 g/mol. The number of esters is 1. The van der Waals surface area contributed by atoms with Crippen LogP contribution in [0.5, 0.6) is 0 Å². The molecule has 0 aliphatic carbocycles. The van der Waals surface area contributed by atoms with E-state index in [0.29, 0.717) is 12.0 Å². The van der Waals surface area contributed by atoms with Crippen LogP contribution in [-0.2, 0) is 30.3 Å². The third kappa shape index (κ3) is 12.1. The largest absolute Gasteiger partial charge is 0.458 e. The van der Waals surface area contributed by atoms with Crippen molar-refractivity contribution in [1.82, 2.24) is 15.5 Å². The fraction of sp³-hybridized carbons (Fsp3) is 0.568. The zero-order valence-electron chi connectivity index (χ0n) is 29.8. The minimum Gasteiger partial charge on any atom is -0.458 e. The van der Waals surface area contributed by atoms with Gasteiger partial charge in [-0.05, 0) is 98.3 Å². The highest BCUT2D eigenvalue weighted by molar-refractivity contribution is 5.94. The lowest BCUT2D eigenvalue weighted by atomic mass is 9.93. The Morgan fingerprint density at radius 3 is 1.89 bits per heavy atom. The maximum Gasteiger partial charge on any atom is 0.408 e. The van der Waals surface area contributed by atoms with Gasteiger partial charge in [-0.3, -0.25) is 9.59 Å². The van der Waals surface area contributed by atoms with Crippen LogP contribution >= 0.6 is 0 Å². The van der Waals surface area contributed by atoms with Crippen LogP contribution in [0.15, 0.2) is 48.5 Å². The molecule has 46 heavy (non-hydrogen) atoms. The maximum absolute atomic E-state index is 14.6. The lowest BCUT2D eigenvalue weighted by molar-refractivity contribution is -0.159. The molecule has 2 rings (SSSR count). The molecule has 0 saturated heterocycles. The summed E-state index contributed by atoms with van der Waals surface area (Å²) in [4.78, 5) is 57.0. The van der Waals surface area contributed by atoms with Crippen molar-refractivity contribution < 1.29 is 28.7 Å². The van der Waals surface area contributed by atoms with Crippen LogP contribution in [-0.4, -0.2) is 58.1 Å². The van der Waals surface area contributed by atoms with Gasteiger partial charge in [-0.1, -0.05) is 67.9 Å². The van der Waals surface area contributed by atoms with E-state index < -0.39 is 59.2 Å². The fourth-order valence-electron chi connectivity index (χ4n) is 5.14. The van der Waals surface area contributed by atoms with Crippen molar-refractivity contribution in [1.29, 1.82) is 0 Å². The van der Waals surface area contributed by atoms with Gasteiger partial charge < -0.3 is 25.0 Å². The van der Waals surface area contributed by atoms with Gasteiger partial charge >= 0.3 is 12.1 Å². The molecule has 0 aliphatic heterocycles. The number of hydrogen-bond acceptors (Lipinski definition) is 6. The Kier molecular flexibility index (Phi) is 13.4. The monoisotopic (exact) mass is 637 g/mol. The lowest BCUT2D eigenvalue weighted by Crippen LogP contribution is -2.57. The van der Waals surface area contributed by atoms with E-state index in [-0.39, 0.29) is 12.3 Å². The molecular formula is C37H55N3O6. The summed E-state index contributed by atoms with van der Waals surface area (Å²) in [6.45, 7) is 22.0. The van der Waals surface area contributed by atoms with E-state index in [1.807, 2.05) is 90.1 Å². The van der Waals surface area contributed by atoms with E-state index in [4.69, 9.17) is 9.47 Å². The van der Waals surface area contributed by atoms with Crippen molar-refractivity contribution in [3.05, 3.63) is 70.8 Å². The summed E-state index contributed by atoms with van der Waals surface area (Å²) in [5.41, 5.74) is 1.65. The smallest absolute Gasteiger partial charge is 0.408 e. The number of carbonyl (C=O) groups excluding carboxylic acids is 4. The zero-order chi connectivity index (χ0) is 35.0. The fourth-order valence-corrected chi connectivity index (χ4v) is 5.14. The number of aryl methyl sites for hydroxylation is 2. The van der Waals surface area contributed by atoms with Gasteiger partial charge in [0.05, 0.1) is 0 Å². The van der Waals surface area contributed by atoms with Crippen molar-refractivity contribution in [3.8, 4) is 0 Å². The van der Waals surface area contributed by atoms with Gasteiger partial charge in [-0.2, -0.15) is 0 Å². The molecule has 9 heteroatoms. The third-order valence-electron chi connectivity index (χ3n) is 7.05. The number of nitrogens with zero attached hydrogens (tertiary/aromatic N) is 1. The third-order valence-corrected chi connectivity index (χ3v) is 7.05. The molecule has 3 amide bonds. The number of nitrogens with one attached hydrogen (secondary N) is 2. The molecule has 0 saturated carbocycles. The Bertz CT molecular complexity index is 1340. The summed E-state index contributed by atoms with van der Waals surface area (Å²) < 4.78 is 11.2. The topological polar surface area (TPSA) is 114 Å². The van der Waals surface area contributed by atoms with Gasteiger partial charge in [0.1, 0.15) is 29.3 Å². The number of ether oxygens (including phenoxy) is 2. The average molecular weight is 638 g/mol. The van der Waals surface area contributed by atoms with Crippen molar-refractivity contribution in [2.45, 2.75) is 131 Å². The number of rotatable bonds is 12. The van der Waals surface area contributed by atoms with Crippen LogP contribution in [0.1, 0.15) is 104 Å². The molecule has 0 fully saturated rings.